The number of H-pyrrole nitrogens is 1. The van der Waals surface area contributed by atoms with Crippen molar-refractivity contribution < 1.29 is 4.79 Å². The number of rotatable bonds is 4. The zero-order valence-electron chi connectivity index (χ0n) is 17.3. The lowest BCUT2D eigenvalue weighted by molar-refractivity contribution is 0.0637. The number of aromatic amines is 1. The van der Waals surface area contributed by atoms with Crippen LogP contribution in [0.4, 0.5) is 0 Å². The van der Waals surface area contributed by atoms with Crippen LogP contribution in [0.15, 0.2) is 47.5 Å². The quantitative estimate of drug-likeness (QED) is 0.725. The largest absolute Gasteiger partial charge is 0.357 e. The van der Waals surface area contributed by atoms with Gasteiger partial charge in [-0.3, -0.25) is 14.5 Å². The summed E-state index contributed by atoms with van der Waals surface area (Å²) in [5.41, 5.74) is 2.75. The second kappa shape index (κ2) is 8.17. The van der Waals surface area contributed by atoms with E-state index in [0.717, 1.165) is 32.5 Å². The second-order valence-electron chi connectivity index (χ2n) is 7.96. The number of aromatic nitrogens is 2. The Morgan fingerprint density at radius 2 is 1.93 bits per heavy atom. The Morgan fingerprint density at radius 3 is 2.60 bits per heavy atom. The van der Waals surface area contributed by atoms with Crippen molar-refractivity contribution in [1.29, 1.82) is 5.26 Å². The summed E-state index contributed by atoms with van der Waals surface area (Å²) in [7, 11) is 3.52. The molecule has 3 heterocycles. The van der Waals surface area contributed by atoms with Crippen LogP contribution in [0.2, 0.25) is 0 Å². The summed E-state index contributed by atoms with van der Waals surface area (Å²) in [6, 6.07) is 11.8. The summed E-state index contributed by atoms with van der Waals surface area (Å²) in [5, 5.41) is 9.60. The number of carbonyl (C=O) groups is 1. The Balaban J connectivity index is 1.42. The standard InChI is InChI=1S/C23H25N5O2/c1-26-15-20(19-7-10-25-21(19)23(26)30)22(29)27(2)18-8-11-28(12-9-18)14-17-5-3-16(13-24)4-6-17/h3-7,10,15,18,25H,8-9,11-12,14H2,1-2H3. The Morgan fingerprint density at radius 1 is 1.23 bits per heavy atom. The van der Waals surface area contributed by atoms with Crippen LogP contribution in [0.5, 0.6) is 0 Å². The molecule has 30 heavy (non-hydrogen) atoms. The van der Waals surface area contributed by atoms with Crippen molar-refractivity contribution in [2.75, 3.05) is 20.1 Å². The van der Waals surface area contributed by atoms with E-state index < -0.39 is 0 Å². The Kier molecular flexibility index (Phi) is 5.42. The maximum atomic E-state index is 13.2. The molecule has 1 aromatic carbocycles. The first-order valence-electron chi connectivity index (χ1n) is 10.1. The molecule has 1 amide bonds. The molecule has 1 N–H and O–H groups in total. The topological polar surface area (TPSA) is 85.1 Å². The highest BCUT2D eigenvalue weighted by Gasteiger charge is 2.27. The van der Waals surface area contributed by atoms with E-state index in [1.165, 1.54) is 10.1 Å². The summed E-state index contributed by atoms with van der Waals surface area (Å²) in [6.45, 7) is 2.67. The van der Waals surface area contributed by atoms with Gasteiger partial charge in [0, 0.05) is 57.6 Å². The molecule has 0 saturated carbocycles. The predicted octanol–water partition coefficient (Wildman–Crippen LogP) is 2.47. The fraction of sp³-hybridized carbons (Fsp3) is 0.348. The summed E-state index contributed by atoms with van der Waals surface area (Å²) >= 11 is 0. The van der Waals surface area contributed by atoms with Gasteiger partial charge in [0.1, 0.15) is 5.52 Å². The first-order chi connectivity index (χ1) is 14.5. The molecule has 154 valence electrons. The maximum absolute atomic E-state index is 13.2. The van der Waals surface area contributed by atoms with Gasteiger partial charge in [-0.25, -0.2) is 0 Å². The lowest BCUT2D eigenvalue weighted by atomic mass is 10.0. The van der Waals surface area contributed by atoms with E-state index in [-0.39, 0.29) is 17.5 Å². The lowest BCUT2D eigenvalue weighted by Gasteiger charge is -2.37. The Hall–Kier alpha value is -3.37. The highest BCUT2D eigenvalue weighted by Crippen LogP contribution is 2.22. The molecule has 2 aromatic heterocycles. The number of piperidine rings is 1. The van der Waals surface area contributed by atoms with E-state index >= 15 is 0 Å². The summed E-state index contributed by atoms with van der Waals surface area (Å²) in [6.07, 6.45) is 5.14. The minimum Gasteiger partial charge on any atom is -0.357 e. The van der Waals surface area contributed by atoms with Crippen molar-refractivity contribution in [2.24, 2.45) is 7.05 Å². The smallest absolute Gasteiger partial charge is 0.274 e. The first-order valence-corrected chi connectivity index (χ1v) is 10.1. The Bertz CT molecular complexity index is 1160. The number of hydrogen-bond donors (Lipinski definition) is 1. The van der Waals surface area contributed by atoms with Crippen molar-refractivity contribution in [3.8, 4) is 6.07 Å². The van der Waals surface area contributed by atoms with E-state index in [0.29, 0.717) is 22.0 Å². The SMILES string of the molecule is CN(C(=O)c1cn(C)c(=O)c2[nH]ccc12)C1CCN(Cc2ccc(C#N)cc2)CC1. The summed E-state index contributed by atoms with van der Waals surface area (Å²) in [5.74, 6) is -0.0549. The summed E-state index contributed by atoms with van der Waals surface area (Å²) in [4.78, 5) is 32.6. The molecule has 7 heteroatoms. The number of pyridine rings is 1. The van der Waals surface area contributed by atoms with Gasteiger partial charge in [0.15, 0.2) is 0 Å². The number of fused-ring (bicyclic) bond motifs is 1. The molecule has 0 spiro atoms. The van der Waals surface area contributed by atoms with Gasteiger partial charge in [0.05, 0.1) is 17.2 Å². The highest BCUT2D eigenvalue weighted by molar-refractivity contribution is 6.05. The molecule has 0 radical (unpaired) electrons. The van der Waals surface area contributed by atoms with E-state index in [2.05, 4.69) is 16.0 Å². The van der Waals surface area contributed by atoms with Gasteiger partial charge in [-0.2, -0.15) is 5.26 Å². The maximum Gasteiger partial charge on any atom is 0.274 e. The molecule has 7 nitrogen and oxygen atoms in total. The van der Waals surface area contributed by atoms with Gasteiger partial charge < -0.3 is 14.5 Å². The molecular weight excluding hydrogens is 378 g/mol. The second-order valence-corrected chi connectivity index (χ2v) is 7.96. The molecule has 3 aromatic rings. The lowest BCUT2D eigenvalue weighted by Crippen LogP contribution is -2.45. The van der Waals surface area contributed by atoms with E-state index in [4.69, 9.17) is 5.26 Å². The molecule has 1 saturated heterocycles. The summed E-state index contributed by atoms with van der Waals surface area (Å²) < 4.78 is 1.46. The van der Waals surface area contributed by atoms with E-state index in [1.54, 1.807) is 25.5 Å². The van der Waals surface area contributed by atoms with Crippen LogP contribution in [0.25, 0.3) is 10.9 Å². The number of carbonyl (C=O) groups excluding carboxylic acids is 1. The van der Waals surface area contributed by atoms with Crippen LogP contribution in [-0.4, -0.2) is 51.4 Å². The normalized spacial score (nSPS) is 15.2. The third-order valence-electron chi connectivity index (χ3n) is 6.04. The number of likely N-dealkylation sites (tertiary alicyclic amines) is 1. The van der Waals surface area contributed by atoms with Gasteiger partial charge in [-0.05, 0) is 36.6 Å². The van der Waals surface area contributed by atoms with E-state index in [9.17, 15) is 9.59 Å². The van der Waals surface area contributed by atoms with Gasteiger partial charge in [0.2, 0.25) is 0 Å². The minimum atomic E-state index is -0.134. The average molecular weight is 403 g/mol. The zero-order valence-corrected chi connectivity index (χ0v) is 17.3. The fourth-order valence-electron chi connectivity index (χ4n) is 4.20. The molecule has 0 bridgehead atoms. The molecule has 1 aliphatic heterocycles. The third kappa shape index (κ3) is 3.74. The van der Waals surface area contributed by atoms with Gasteiger partial charge >= 0.3 is 0 Å². The van der Waals surface area contributed by atoms with Gasteiger partial charge in [0.25, 0.3) is 11.5 Å². The highest BCUT2D eigenvalue weighted by atomic mass is 16.2. The van der Waals surface area contributed by atoms with Crippen LogP contribution in [0.3, 0.4) is 0 Å². The van der Waals surface area contributed by atoms with Crippen LogP contribution in [0, 0.1) is 11.3 Å². The van der Waals surface area contributed by atoms with Crippen molar-refractivity contribution >= 4 is 16.8 Å². The average Bonchev–Trinajstić information content (AvgIpc) is 3.26. The number of amides is 1. The minimum absolute atomic E-state index is 0.0549. The van der Waals surface area contributed by atoms with Crippen LogP contribution in [0.1, 0.15) is 34.3 Å². The molecule has 4 rings (SSSR count). The number of nitriles is 1. The van der Waals surface area contributed by atoms with Gasteiger partial charge in [-0.1, -0.05) is 12.1 Å². The molecule has 0 unspecified atom stereocenters. The monoisotopic (exact) mass is 403 g/mol. The van der Waals surface area contributed by atoms with E-state index in [1.807, 2.05) is 36.2 Å². The molecule has 0 atom stereocenters. The third-order valence-corrected chi connectivity index (χ3v) is 6.04. The zero-order chi connectivity index (χ0) is 21.3. The molecule has 0 aliphatic carbocycles. The van der Waals surface area contributed by atoms with Crippen molar-refractivity contribution in [3.05, 3.63) is 69.8 Å². The predicted molar refractivity (Wildman–Crippen MR) is 115 cm³/mol. The molecule has 1 aliphatic rings. The Labute approximate surface area is 175 Å². The number of nitrogens with one attached hydrogen (secondary N) is 1. The number of nitrogens with zero attached hydrogens (tertiary/aromatic N) is 4. The first kappa shape index (κ1) is 19.9. The van der Waals surface area contributed by atoms with Crippen LogP contribution in [-0.2, 0) is 13.6 Å². The number of aryl methyl sites for hydroxylation is 1. The van der Waals surface area contributed by atoms with Crippen molar-refractivity contribution in [2.45, 2.75) is 25.4 Å². The van der Waals surface area contributed by atoms with Gasteiger partial charge in [-0.15, -0.1) is 0 Å². The molecular formula is C23H25N5O2. The number of benzene rings is 1. The van der Waals surface area contributed by atoms with Crippen molar-refractivity contribution in [3.63, 3.8) is 0 Å². The fourth-order valence-corrected chi connectivity index (χ4v) is 4.20. The molecule has 1 fully saturated rings. The van der Waals surface area contributed by atoms with Crippen molar-refractivity contribution in [1.82, 2.24) is 19.4 Å². The number of hydrogen-bond acceptors (Lipinski definition) is 4. The van der Waals surface area contributed by atoms with Crippen LogP contribution >= 0.6 is 0 Å². The van der Waals surface area contributed by atoms with Crippen LogP contribution < -0.4 is 5.56 Å².